The molecule has 2 bridgehead atoms. The number of aromatic nitrogens is 6. The first-order valence-corrected chi connectivity index (χ1v) is 10.2. The molecule has 1 aromatic carbocycles. The molecule has 6 rings (SSSR count). The van der Waals surface area contributed by atoms with Crippen molar-refractivity contribution in [3.8, 4) is 11.1 Å². The average molecular weight is 426 g/mol. The molecule has 0 radical (unpaired) electrons. The Morgan fingerprint density at radius 3 is 2.61 bits per heavy atom. The fourth-order valence-electron chi connectivity index (χ4n) is 5.26. The molecule has 2 aliphatic heterocycles. The van der Waals surface area contributed by atoms with E-state index < -0.39 is 11.6 Å². The molecular weight excluding hydrogens is 406 g/mol. The van der Waals surface area contributed by atoms with Crippen molar-refractivity contribution >= 4 is 28.0 Å². The van der Waals surface area contributed by atoms with Crippen LogP contribution >= 0.6 is 0 Å². The Kier molecular flexibility index (Phi) is 3.76. The third kappa shape index (κ3) is 2.49. The normalized spacial score (nSPS) is 23.4. The van der Waals surface area contributed by atoms with Gasteiger partial charge in [0, 0.05) is 42.5 Å². The molecule has 0 saturated carbocycles. The number of hydrogen-bond acceptors (Lipinski definition) is 6. The lowest BCUT2D eigenvalue weighted by molar-refractivity contribution is 0.405. The molecule has 5 heterocycles. The number of rotatable bonds is 2. The number of aromatic amines is 2. The van der Waals surface area contributed by atoms with Gasteiger partial charge in [-0.05, 0) is 31.7 Å². The fraction of sp³-hybridized carbons (Fsp3) is 0.400. The Hall–Kier alpha value is -3.34. The summed E-state index contributed by atoms with van der Waals surface area (Å²) in [6.07, 6.45) is 5.24. The van der Waals surface area contributed by atoms with E-state index in [-0.39, 0.29) is 51.2 Å². The first-order valence-electron chi connectivity index (χ1n) is 10.2. The second-order valence-corrected chi connectivity index (χ2v) is 8.47. The molecule has 9 nitrogen and oxygen atoms in total. The Morgan fingerprint density at radius 2 is 1.87 bits per heavy atom. The van der Waals surface area contributed by atoms with Gasteiger partial charge in [0.1, 0.15) is 11.2 Å². The third-order valence-electron chi connectivity index (χ3n) is 6.67. The summed E-state index contributed by atoms with van der Waals surface area (Å²) in [5, 5.41) is 9.97. The summed E-state index contributed by atoms with van der Waals surface area (Å²) >= 11 is 0. The standard InChI is InChI=1S/C20H20F2N8O/c1-29-19(31)14-12(11-6-13-17(27-28-26-13)16(22)15(11)21)7-24-18(14)25-20(29)30-9-2-3-10(30)5-8(23)4-9/h6-10,24H,2-5,23H2,1H3,(H,26,27,28)/t8?,9-,10+. The predicted octanol–water partition coefficient (Wildman–Crippen LogP) is 1.94. The Bertz CT molecular complexity index is 1390. The molecule has 2 saturated heterocycles. The number of hydrogen-bond donors (Lipinski definition) is 3. The maximum Gasteiger partial charge on any atom is 0.264 e. The van der Waals surface area contributed by atoms with Crippen molar-refractivity contribution in [2.24, 2.45) is 12.8 Å². The van der Waals surface area contributed by atoms with Crippen LogP contribution in [0.15, 0.2) is 17.1 Å². The van der Waals surface area contributed by atoms with Gasteiger partial charge < -0.3 is 15.6 Å². The van der Waals surface area contributed by atoms with E-state index in [9.17, 15) is 13.6 Å². The lowest BCUT2D eigenvalue weighted by Crippen LogP contribution is -2.49. The summed E-state index contributed by atoms with van der Waals surface area (Å²) in [4.78, 5) is 23.2. The summed E-state index contributed by atoms with van der Waals surface area (Å²) in [6.45, 7) is 0. The van der Waals surface area contributed by atoms with Gasteiger partial charge >= 0.3 is 0 Å². The van der Waals surface area contributed by atoms with Gasteiger partial charge in [-0.2, -0.15) is 20.4 Å². The molecule has 3 atom stereocenters. The molecule has 11 heteroatoms. The van der Waals surface area contributed by atoms with Gasteiger partial charge in [0.2, 0.25) is 5.95 Å². The van der Waals surface area contributed by atoms with Crippen LogP contribution < -0.4 is 16.2 Å². The predicted molar refractivity (Wildman–Crippen MR) is 111 cm³/mol. The molecule has 1 unspecified atom stereocenters. The summed E-state index contributed by atoms with van der Waals surface area (Å²) in [6, 6.07) is 2.04. The second-order valence-electron chi connectivity index (χ2n) is 8.47. The molecular formula is C20H20F2N8O. The molecule has 0 spiro atoms. The van der Waals surface area contributed by atoms with Gasteiger partial charge in [-0.3, -0.25) is 9.36 Å². The van der Waals surface area contributed by atoms with Gasteiger partial charge in [0.25, 0.3) is 5.56 Å². The minimum atomic E-state index is -1.11. The van der Waals surface area contributed by atoms with E-state index in [1.165, 1.54) is 16.8 Å². The van der Waals surface area contributed by atoms with Crippen LogP contribution in [0.25, 0.3) is 33.2 Å². The summed E-state index contributed by atoms with van der Waals surface area (Å²) < 4.78 is 30.8. The van der Waals surface area contributed by atoms with Gasteiger partial charge in [-0.25, -0.2) is 8.78 Å². The van der Waals surface area contributed by atoms with Crippen molar-refractivity contribution in [3.63, 3.8) is 0 Å². The number of benzene rings is 1. The molecule has 0 amide bonds. The number of piperidine rings is 1. The quantitative estimate of drug-likeness (QED) is 0.450. The number of nitrogens with zero attached hydrogens (tertiary/aromatic N) is 5. The molecule has 4 N–H and O–H groups in total. The summed E-state index contributed by atoms with van der Waals surface area (Å²) in [5.74, 6) is -1.63. The zero-order chi connectivity index (χ0) is 21.4. The third-order valence-corrected chi connectivity index (χ3v) is 6.67. The first-order chi connectivity index (χ1) is 14.9. The van der Waals surface area contributed by atoms with Gasteiger partial charge in [0.05, 0.1) is 5.39 Å². The second kappa shape index (κ2) is 6.33. The molecule has 31 heavy (non-hydrogen) atoms. The SMILES string of the molecule is Cn1c(N2[C@@H]3CC[C@H]2CC(N)C3)nc2[nH]cc(-c3cc4n[nH]nc4c(F)c3F)c2c1=O. The van der Waals surface area contributed by atoms with Crippen LogP contribution in [0.1, 0.15) is 25.7 Å². The van der Waals surface area contributed by atoms with Crippen molar-refractivity contribution in [1.82, 2.24) is 29.9 Å². The van der Waals surface area contributed by atoms with Crippen molar-refractivity contribution in [2.45, 2.75) is 43.8 Å². The Labute approximate surface area is 174 Å². The minimum Gasteiger partial charge on any atom is -0.345 e. The smallest absolute Gasteiger partial charge is 0.264 e. The zero-order valence-electron chi connectivity index (χ0n) is 16.7. The van der Waals surface area contributed by atoms with Crippen LogP contribution in [0.5, 0.6) is 0 Å². The number of H-pyrrole nitrogens is 2. The van der Waals surface area contributed by atoms with Crippen LogP contribution in [0.2, 0.25) is 0 Å². The molecule has 2 fully saturated rings. The molecule has 2 aliphatic rings. The van der Waals surface area contributed by atoms with Crippen LogP contribution in [-0.2, 0) is 7.05 Å². The maximum absolute atomic E-state index is 14.8. The van der Waals surface area contributed by atoms with Crippen LogP contribution in [0, 0.1) is 11.6 Å². The number of anilines is 1. The van der Waals surface area contributed by atoms with Gasteiger partial charge in [-0.1, -0.05) is 0 Å². The van der Waals surface area contributed by atoms with E-state index in [4.69, 9.17) is 10.7 Å². The lowest BCUT2D eigenvalue weighted by Gasteiger charge is -2.38. The van der Waals surface area contributed by atoms with E-state index in [0.717, 1.165) is 25.7 Å². The van der Waals surface area contributed by atoms with Crippen LogP contribution in [-0.4, -0.2) is 48.1 Å². The summed E-state index contributed by atoms with van der Waals surface area (Å²) in [5.41, 5.74) is 6.34. The molecule has 4 aromatic rings. The monoisotopic (exact) mass is 426 g/mol. The molecule has 3 aromatic heterocycles. The zero-order valence-corrected chi connectivity index (χ0v) is 16.7. The number of halogens is 2. The fourth-order valence-corrected chi connectivity index (χ4v) is 5.26. The number of fused-ring (bicyclic) bond motifs is 4. The van der Waals surface area contributed by atoms with Crippen molar-refractivity contribution in [2.75, 3.05) is 4.90 Å². The van der Waals surface area contributed by atoms with E-state index in [0.29, 0.717) is 11.6 Å². The van der Waals surface area contributed by atoms with E-state index in [2.05, 4.69) is 25.3 Å². The van der Waals surface area contributed by atoms with Gasteiger partial charge in [0.15, 0.2) is 17.2 Å². The van der Waals surface area contributed by atoms with Crippen LogP contribution in [0.3, 0.4) is 0 Å². The average Bonchev–Trinajstić information content (AvgIpc) is 3.44. The minimum absolute atomic E-state index is 0.0687. The topological polar surface area (TPSA) is 122 Å². The van der Waals surface area contributed by atoms with Crippen LogP contribution in [0.4, 0.5) is 14.7 Å². The van der Waals surface area contributed by atoms with Gasteiger partial charge in [-0.15, -0.1) is 0 Å². The molecule has 160 valence electrons. The Morgan fingerprint density at radius 1 is 1.13 bits per heavy atom. The highest BCUT2D eigenvalue weighted by atomic mass is 19.2. The summed E-state index contributed by atoms with van der Waals surface area (Å²) in [7, 11) is 1.66. The van der Waals surface area contributed by atoms with Crippen molar-refractivity contribution in [3.05, 3.63) is 34.3 Å². The highest BCUT2D eigenvalue weighted by Gasteiger charge is 2.41. The number of nitrogens with one attached hydrogen (secondary N) is 2. The van der Waals surface area contributed by atoms with Crippen molar-refractivity contribution < 1.29 is 8.78 Å². The number of nitrogens with two attached hydrogens (primary N) is 1. The Balaban J connectivity index is 1.54. The maximum atomic E-state index is 14.8. The largest absolute Gasteiger partial charge is 0.345 e. The van der Waals surface area contributed by atoms with E-state index >= 15 is 0 Å². The lowest BCUT2D eigenvalue weighted by atomic mass is 9.98. The first kappa shape index (κ1) is 18.4. The van der Waals surface area contributed by atoms with Crippen molar-refractivity contribution in [1.29, 1.82) is 0 Å². The molecule has 0 aliphatic carbocycles. The van der Waals surface area contributed by atoms with E-state index in [1.807, 2.05) is 0 Å². The highest BCUT2D eigenvalue weighted by molar-refractivity contribution is 5.96. The van der Waals surface area contributed by atoms with E-state index in [1.54, 1.807) is 7.05 Å². The highest BCUT2D eigenvalue weighted by Crippen LogP contribution is 2.39.